The second kappa shape index (κ2) is 5.61. The van der Waals surface area contributed by atoms with Gasteiger partial charge in [0, 0.05) is 13.1 Å². The minimum atomic E-state index is 0.498. The maximum absolute atomic E-state index is 4.45. The molecule has 1 saturated heterocycles. The topological polar surface area (TPSA) is 34.0 Å². The summed E-state index contributed by atoms with van der Waals surface area (Å²) in [4.78, 5) is 2.63. The van der Waals surface area contributed by atoms with Crippen LogP contribution >= 0.6 is 0 Å². The lowest BCUT2D eigenvalue weighted by molar-refractivity contribution is 0.123. The Kier molecular flexibility index (Phi) is 3.87. The van der Waals surface area contributed by atoms with Gasteiger partial charge in [0.15, 0.2) is 0 Å². The summed E-state index contributed by atoms with van der Waals surface area (Å²) in [6.45, 7) is 8.15. The van der Waals surface area contributed by atoms with Crippen LogP contribution in [0.5, 0.6) is 0 Å². The molecule has 1 aromatic rings. The molecule has 0 aromatic carbocycles. The van der Waals surface area contributed by atoms with Gasteiger partial charge in [-0.2, -0.15) is 0 Å². The molecule has 2 heterocycles. The summed E-state index contributed by atoms with van der Waals surface area (Å²) in [6, 6.07) is 0.498. The summed E-state index contributed by atoms with van der Waals surface area (Å²) < 4.78 is 2.32. The van der Waals surface area contributed by atoms with E-state index in [4.69, 9.17) is 0 Å². The number of likely N-dealkylation sites (tertiary alicyclic amines) is 1. The third-order valence-corrected chi connectivity index (χ3v) is 4.31. The van der Waals surface area contributed by atoms with Crippen molar-refractivity contribution in [3.05, 3.63) is 12.2 Å². The molecule has 0 N–H and O–H groups in total. The monoisotopic (exact) mass is 262 g/mol. The molecule has 3 rings (SSSR count). The zero-order valence-electron chi connectivity index (χ0n) is 12.3. The summed E-state index contributed by atoms with van der Waals surface area (Å²) in [5, 5.41) is 8.63. The lowest BCUT2D eigenvalue weighted by Gasteiger charge is -2.36. The summed E-state index contributed by atoms with van der Waals surface area (Å²) in [6.07, 6.45) is 8.62. The number of piperidine rings is 1. The minimum Gasteiger partial charge on any atom is -0.316 e. The van der Waals surface area contributed by atoms with E-state index >= 15 is 0 Å². The second-order valence-corrected chi connectivity index (χ2v) is 6.69. The van der Waals surface area contributed by atoms with E-state index in [0.29, 0.717) is 6.04 Å². The molecule has 1 saturated carbocycles. The van der Waals surface area contributed by atoms with Crippen molar-refractivity contribution in [2.24, 2.45) is 11.8 Å². The van der Waals surface area contributed by atoms with Gasteiger partial charge in [-0.05, 0) is 44.1 Å². The lowest BCUT2D eigenvalue weighted by Crippen LogP contribution is -2.37. The number of aromatic nitrogens is 3. The van der Waals surface area contributed by atoms with Gasteiger partial charge in [0.25, 0.3) is 0 Å². The summed E-state index contributed by atoms with van der Waals surface area (Å²) in [5.74, 6) is 2.82. The molecular weight excluding hydrogens is 236 g/mol. The van der Waals surface area contributed by atoms with E-state index in [2.05, 4.69) is 33.5 Å². The molecule has 19 heavy (non-hydrogen) atoms. The third kappa shape index (κ3) is 3.16. The number of rotatable bonds is 5. The van der Waals surface area contributed by atoms with Gasteiger partial charge in [-0.25, -0.2) is 0 Å². The van der Waals surface area contributed by atoms with Gasteiger partial charge < -0.3 is 4.57 Å². The number of nitrogens with zero attached hydrogens (tertiary/aromatic N) is 4. The lowest BCUT2D eigenvalue weighted by atomic mass is 10.00. The van der Waals surface area contributed by atoms with Crippen LogP contribution in [0, 0.1) is 11.8 Å². The van der Waals surface area contributed by atoms with Crippen molar-refractivity contribution < 1.29 is 0 Å². The zero-order valence-corrected chi connectivity index (χ0v) is 12.3. The molecule has 2 aliphatic rings. The van der Waals surface area contributed by atoms with Crippen molar-refractivity contribution in [2.45, 2.75) is 58.5 Å². The van der Waals surface area contributed by atoms with E-state index in [-0.39, 0.29) is 0 Å². The predicted molar refractivity (Wildman–Crippen MR) is 75.7 cm³/mol. The fraction of sp³-hybridized carbons (Fsp3) is 0.867. The smallest absolute Gasteiger partial charge is 0.150 e. The average molecular weight is 262 g/mol. The molecule has 4 nitrogen and oxygen atoms in total. The third-order valence-electron chi connectivity index (χ3n) is 4.31. The van der Waals surface area contributed by atoms with Crippen LogP contribution in [0.2, 0.25) is 0 Å². The van der Waals surface area contributed by atoms with Crippen molar-refractivity contribution in [1.29, 1.82) is 0 Å². The molecule has 1 aromatic heterocycles. The van der Waals surface area contributed by atoms with Gasteiger partial charge in [0.2, 0.25) is 0 Å². The van der Waals surface area contributed by atoms with Crippen molar-refractivity contribution in [1.82, 2.24) is 19.7 Å². The molecule has 0 bridgehead atoms. The highest BCUT2D eigenvalue weighted by atomic mass is 15.3. The highest BCUT2D eigenvalue weighted by molar-refractivity contribution is 4.99. The highest BCUT2D eigenvalue weighted by Gasteiger charge is 2.30. The molecule has 0 spiro atoms. The van der Waals surface area contributed by atoms with Crippen molar-refractivity contribution >= 4 is 0 Å². The van der Waals surface area contributed by atoms with Crippen LogP contribution in [-0.4, -0.2) is 32.8 Å². The molecule has 1 aliphatic heterocycles. The number of hydrogen-bond donors (Lipinski definition) is 0. The van der Waals surface area contributed by atoms with Gasteiger partial charge in [0.05, 0.1) is 6.04 Å². The first-order chi connectivity index (χ1) is 9.24. The molecule has 0 radical (unpaired) electrons. The van der Waals surface area contributed by atoms with Crippen LogP contribution in [0.3, 0.4) is 0 Å². The Hall–Kier alpha value is -0.900. The van der Waals surface area contributed by atoms with Crippen LogP contribution in [0.15, 0.2) is 6.33 Å². The normalized spacial score (nSPS) is 25.1. The van der Waals surface area contributed by atoms with E-state index in [9.17, 15) is 0 Å². The molecule has 1 atom stereocenters. The van der Waals surface area contributed by atoms with Gasteiger partial charge in [-0.1, -0.05) is 20.3 Å². The second-order valence-electron chi connectivity index (χ2n) is 6.69. The SMILES string of the molecule is CC(C)CN1CCCC[C@@H]1c1nncn1CC1CC1. The zero-order chi connectivity index (χ0) is 13.2. The van der Waals surface area contributed by atoms with Crippen molar-refractivity contribution in [3.63, 3.8) is 0 Å². The average Bonchev–Trinajstić information content (AvgIpc) is 3.07. The Morgan fingerprint density at radius 2 is 2.11 bits per heavy atom. The maximum atomic E-state index is 4.45. The molecular formula is C15H26N4. The fourth-order valence-corrected chi connectivity index (χ4v) is 3.21. The van der Waals surface area contributed by atoms with Gasteiger partial charge in [0.1, 0.15) is 12.2 Å². The Morgan fingerprint density at radius 3 is 2.84 bits per heavy atom. The molecule has 2 fully saturated rings. The standard InChI is InChI=1S/C15H26N4/c1-12(2)9-18-8-4-3-5-14(18)15-17-16-11-19(15)10-13-6-7-13/h11-14H,3-10H2,1-2H3/t14-/m1/s1. The van der Waals surface area contributed by atoms with Crippen LogP contribution < -0.4 is 0 Å². The largest absolute Gasteiger partial charge is 0.316 e. The Morgan fingerprint density at radius 1 is 1.26 bits per heavy atom. The van der Waals surface area contributed by atoms with Crippen molar-refractivity contribution in [2.75, 3.05) is 13.1 Å². The van der Waals surface area contributed by atoms with Crippen molar-refractivity contribution in [3.8, 4) is 0 Å². The molecule has 4 heteroatoms. The van der Waals surface area contributed by atoms with Crippen LogP contribution in [0.25, 0.3) is 0 Å². The Labute approximate surface area is 116 Å². The highest BCUT2D eigenvalue weighted by Crippen LogP contribution is 2.34. The van der Waals surface area contributed by atoms with E-state index in [1.807, 2.05) is 6.33 Å². The van der Waals surface area contributed by atoms with Crippen LogP contribution in [-0.2, 0) is 6.54 Å². The number of hydrogen-bond acceptors (Lipinski definition) is 3. The van der Waals surface area contributed by atoms with Gasteiger partial charge in [-0.3, -0.25) is 4.90 Å². The Bertz CT molecular complexity index is 408. The molecule has 0 amide bonds. The maximum Gasteiger partial charge on any atom is 0.150 e. The summed E-state index contributed by atoms with van der Waals surface area (Å²) >= 11 is 0. The van der Waals surface area contributed by atoms with E-state index in [1.165, 1.54) is 51.0 Å². The minimum absolute atomic E-state index is 0.498. The summed E-state index contributed by atoms with van der Waals surface area (Å²) in [7, 11) is 0. The first-order valence-corrected chi connectivity index (χ1v) is 7.86. The fourth-order valence-electron chi connectivity index (χ4n) is 3.21. The van der Waals surface area contributed by atoms with Gasteiger partial charge >= 0.3 is 0 Å². The van der Waals surface area contributed by atoms with Crippen LogP contribution in [0.1, 0.15) is 57.8 Å². The van der Waals surface area contributed by atoms with E-state index < -0.39 is 0 Å². The molecule has 106 valence electrons. The first-order valence-electron chi connectivity index (χ1n) is 7.86. The quantitative estimate of drug-likeness (QED) is 0.818. The molecule has 0 unspecified atom stereocenters. The predicted octanol–water partition coefficient (Wildman–Crippen LogP) is 2.87. The van der Waals surface area contributed by atoms with Crippen LogP contribution in [0.4, 0.5) is 0 Å². The molecule has 1 aliphatic carbocycles. The van der Waals surface area contributed by atoms with Gasteiger partial charge in [-0.15, -0.1) is 10.2 Å². The van der Waals surface area contributed by atoms with E-state index in [0.717, 1.165) is 18.4 Å². The first kappa shape index (κ1) is 13.1. The Balaban J connectivity index is 1.75. The summed E-state index contributed by atoms with van der Waals surface area (Å²) in [5.41, 5.74) is 0. The van der Waals surface area contributed by atoms with E-state index in [1.54, 1.807) is 0 Å².